The number of hydrogen-bond acceptors (Lipinski definition) is 15. The standard InChI is InChI=1S/C91H178O17P2/c1-7-10-12-14-16-18-20-22-23-24-25-29-32-38-44-50-56-62-68-74-89(94)102-80-87(107-90(95)75-69-63-57-51-45-39-33-30-27-26-28-31-37-42-48-54-60-66-72-84(6)9-3)82-106-110(99,100)104-78-85(92)77-103-109(97,98)105-81-86(79-101-88(93)73-67-61-55-49-43-35-21-19-17-15-13-11-8-2)108-91(96)76-70-64-58-52-46-40-34-36-41-47-53-59-65-71-83(4)5/h83-87,92H,7-82H2,1-6H3,(H,97,98)(H,99,100)/t84?,85-,86+,87+/m0/s1. The van der Waals surface area contributed by atoms with Crippen LogP contribution in [0.3, 0.4) is 0 Å². The Balaban J connectivity index is 5.25. The molecule has 0 aliphatic carbocycles. The third kappa shape index (κ3) is 82.6. The molecule has 0 aliphatic heterocycles. The number of hydrogen-bond donors (Lipinski definition) is 3. The number of phosphoric acid groups is 2. The molecule has 0 saturated carbocycles. The molecular formula is C91H178O17P2. The van der Waals surface area contributed by atoms with E-state index in [1.54, 1.807) is 0 Å². The van der Waals surface area contributed by atoms with Gasteiger partial charge in [0.15, 0.2) is 12.2 Å². The molecule has 19 heteroatoms. The molecule has 0 heterocycles. The van der Waals surface area contributed by atoms with E-state index < -0.39 is 97.5 Å². The predicted octanol–water partition coefficient (Wildman–Crippen LogP) is 28.2. The van der Waals surface area contributed by atoms with Gasteiger partial charge in [-0.05, 0) is 37.5 Å². The summed E-state index contributed by atoms with van der Waals surface area (Å²) in [4.78, 5) is 73.4. The first-order valence-electron chi connectivity index (χ1n) is 47.0. The number of aliphatic hydroxyl groups is 1. The van der Waals surface area contributed by atoms with E-state index in [2.05, 4.69) is 41.5 Å². The summed E-state index contributed by atoms with van der Waals surface area (Å²) in [5.41, 5.74) is 0. The molecular weight excluding hydrogens is 1430 g/mol. The van der Waals surface area contributed by atoms with E-state index in [0.29, 0.717) is 25.7 Å². The van der Waals surface area contributed by atoms with Crippen molar-refractivity contribution in [2.75, 3.05) is 39.6 Å². The first kappa shape index (κ1) is 108. The molecule has 0 aliphatic rings. The van der Waals surface area contributed by atoms with Crippen LogP contribution < -0.4 is 0 Å². The van der Waals surface area contributed by atoms with Crippen molar-refractivity contribution >= 4 is 39.5 Å². The summed E-state index contributed by atoms with van der Waals surface area (Å²) in [5.74, 6) is -0.436. The molecule has 0 rings (SSSR count). The SMILES string of the molecule is CCCCCCCCCCCCCCCCCCCCCC(=O)OC[C@H](COP(=O)(O)OC[C@@H](O)COP(=O)(O)OC[C@@H](COC(=O)CCCCCCCCCCCCCCC)OC(=O)CCCCCCCCCCCCCCCC(C)C)OC(=O)CCCCCCCCCCCCCCCCCCCCC(C)CC. The highest BCUT2D eigenvalue weighted by atomic mass is 31.2. The summed E-state index contributed by atoms with van der Waals surface area (Å²) < 4.78 is 69.1. The molecule has 17 nitrogen and oxygen atoms in total. The van der Waals surface area contributed by atoms with E-state index in [0.717, 1.165) is 102 Å². The lowest BCUT2D eigenvalue weighted by Gasteiger charge is -2.21. The molecule has 0 bridgehead atoms. The second-order valence-corrected chi connectivity index (χ2v) is 36.3. The number of rotatable bonds is 90. The fraction of sp³-hybridized carbons (Fsp3) is 0.956. The number of unbranched alkanes of at least 4 members (excludes halogenated alkanes) is 59. The average molecular weight is 1610 g/mol. The van der Waals surface area contributed by atoms with Crippen LogP contribution in [-0.4, -0.2) is 96.7 Å². The molecule has 3 N–H and O–H groups in total. The Kier molecular flexibility index (Phi) is 80.7. The van der Waals surface area contributed by atoms with Gasteiger partial charge in [0.25, 0.3) is 0 Å². The molecule has 0 radical (unpaired) electrons. The summed E-state index contributed by atoms with van der Waals surface area (Å²) in [5, 5.41) is 10.7. The Labute approximate surface area is 677 Å². The first-order valence-corrected chi connectivity index (χ1v) is 50.0. The minimum Gasteiger partial charge on any atom is -0.462 e. The van der Waals surface area contributed by atoms with E-state index in [-0.39, 0.29) is 25.7 Å². The number of phosphoric ester groups is 2. The molecule has 110 heavy (non-hydrogen) atoms. The van der Waals surface area contributed by atoms with Crippen molar-refractivity contribution in [1.29, 1.82) is 0 Å². The van der Waals surface area contributed by atoms with E-state index in [1.807, 2.05) is 0 Å². The van der Waals surface area contributed by atoms with Crippen molar-refractivity contribution in [1.82, 2.24) is 0 Å². The van der Waals surface area contributed by atoms with Gasteiger partial charge in [-0.2, -0.15) is 0 Å². The van der Waals surface area contributed by atoms with Gasteiger partial charge >= 0.3 is 39.5 Å². The summed E-state index contributed by atoms with van der Waals surface area (Å²) >= 11 is 0. The van der Waals surface area contributed by atoms with Crippen molar-refractivity contribution < 1.29 is 80.2 Å². The van der Waals surface area contributed by atoms with Crippen LogP contribution in [0.25, 0.3) is 0 Å². The third-order valence-electron chi connectivity index (χ3n) is 21.8. The van der Waals surface area contributed by atoms with E-state index in [4.69, 9.17) is 37.0 Å². The lowest BCUT2D eigenvalue weighted by molar-refractivity contribution is -0.161. The van der Waals surface area contributed by atoms with Crippen LogP contribution >= 0.6 is 15.6 Å². The van der Waals surface area contributed by atoms with Gasteiger partial charge in [0.05, 0.1) is 26.4 Å². The van der Waals surface area contributed by atoms with Gasteiger partial charge in [0, 0.05) is 25.7 Å². The molecule has 0 aromatic rings. The van der Waals surface area contributed by atoms with E-state index in [9.17, 15) is 43.2 Å². The number of aliphatic hydroxyl groups excluding tert-OH is 1. The Bertz CT molecular complexity index is 2100. The first-order chi connectivity index (χ1) is 53.4. The van der Waals surface area contributed by atoms with Gasteiger partial charge in [0.1, 0.15) is 19.3 Å². The van der Waals surface area contributed by atoms with E-state index in [1.165, 1.54) is 308 Å². The number of esters is 4. The van der Waals surface area contributed by atoms with Crippen LogP contribution in [0, 0.1) is 11.8 Å². The van der Waals surface area contributed by atoms with Crippen molar-refractivity contribution in [3.05, 3.63) is 0 Å². The molecule has 0 saturated heterocycles. The third-order valence-corrected chi connectivity index (χ3v) is 23.7. The summed E-state index contributed by atoms with van der Waals surface area (Å²) in [6, 6.07) is 0. The molecule has 654 valence electrons. The van der Waals surface area contributed by atoms with E-state index >= 15 is 0 Å². The van der Waals surface area contributed by atoms with Crippen molar-refractivity contribution in [2.24, 2.45) is 11.8 Å². The van der Waals surface area contributed by atoms with Crippen LogP contribution in [-0.2, 0) is 65.4 Å². The van der Waals surface area contributed by atoms with Crippen molar-refractivity contribution in [3.8, 4) is 0 Å². The zero-order valence-corrected chi connectivity index (χ0v) is 74.4. The van der Waals surface area contributed by atoms with Crippen LogP contribution in [0.15, 0.2) is 0 Å². The minimum absolute atomic E-state index is 0.108. The van der Waals surface area contributed by atoms with Gasteiger partial charge in [-0.1, -0.05) is 440 Å². The summed E-state index contributed by atoms with van der Waals surface area (Å²) in [7, 11) is -9.94. The number of carbonyl (C=O) groups excluding carboxylic acids is 4. The van der Waals surface area contributed by atoms with Gasteiger partial charge in [-0.15, -0.1) is 0 Å². The largest absolute Gasteiger partial charge is 0.472 e. The zero-order chi connectivity index (χ0) is 80.6. The molecule has 0 fully saturated rings. The van der Waals surface area contributed by atoms with Gasteiger partial charge in [0.2, 0.25) is 0 Å². The Hall–Kier alpha value is -1.94. The Morgan fingerprint density at radius 3 is 0.691 bits per heavy atom. The molecule has 0 spiro atoms. The fourth-order valence-electron chi connectivity index (χ4n) is 14.3. The number of ether oxygens (including phenoxy) is 4. The second kappa shape index (κ2) is 82.2. The molecule has 6 atom stereocenters. The maximum atomic E-state index is 13.2. The number of carbonyl (C=O) groups is 4. The summed E-state index contributed by atoms with van der Waals surface area (Å²) in [6.07, 6.45) is 76.3. The predicted molar refractivity (Wildman–Crippen MR) is 455 cm³/mol. The highest BCUT2D eigenvalue weighted by molar-refractivity contribution is 7.47. The lowest BCUT2D eigenvalue weighted by Crippen LogP contribution is -2.30. The highest BCUT2D eigenvalue weighted by Gasteiger charge is 2.31. The zero-order valence-electron chi connectivity index (χ0n) is 72.6. The molecule has 0 aromatic heterocycles. The maximum absolute atomic E-state index is 13.2. The van der Waals surface area contributed by atoms with Gasteiger partial charge in [-0.3, -0.25) is 37.3 Å². The second-order valence-electron chi connectivity index (χ2n) is 33.4. The Morgan fingerprint density at radius 1 is 0.264 bits per heavy atom. The Morgan fingerprint density at radius 2 is 0.464 bits per heavy atom. The van der Waals surface area contributed by atoms with Crippen LogP contribution in [0.2, 0.25) is 0 Å². The molecule has 3 unspecified atom stereocenters. The lowest BCUT2D eigenvalue weighted by atomic mass is 9.99. The topological polar surface area (TPSA) is 237 Å². The average Bonchev–Trinajstić information content (AvgIpc) is 0.897. The highest BCUT2D eigenvalue weighted by Crippen LogP contribution is 2.45. The van der Waals surface area contributed by atoms with Crippen molar-refractivity contribution in [2.45, 2.75) is 509 Å². The van der Waals surface area contributed by atoms with Crippen molar-refractivity contribution in [3.63, 3.8) is 0 Å². The van der Waals surface area contributed by atoms with Crippen LogP contribution in [0.5, 0.6) is 0 Å². The van der Waals surface area contributed by atoms with Gasteiger partial charge in [-0.25, -0.2) is 9.13 Å². The maximum Gasteiger partial charge on any atom is 0.472 e. The fourth-order valence-corrected chi connectivity index (χ4v) is 15.9. The smallest absolute Gasteiger partial charge is 0.462 e. The monoisotopic (exact) mass is 1610 g/mol. The summed E-state index contributed by atoms with van der Waals surface area (Å²) in [6.45, 7) is 9.79. The van der Waals surface area contributed by atoms with Gasteiger partial charge < -0.3 is 33.8 Å². The van der Waals surface area contributed by atoms with Crippen LogP contribution in [0.4, 0.5) is 0 Å². The minimum atomic E-state index is -4.97. The normalized spacial score (nSPS) is 14.0. The molecule has 0 aromatic carbocycles. The van der Waals surface area contributed by atoms with Crippen LogP contribution in [0.1, 0.15) is 491 Å². The quantitative estimate of drug-likeness (QED) is 0.0222. The molecule has 0 amide bonds.